The Labute approximate surface area is 251 Å². The van der Waals surface area contributed by atoms with Gasteiger partial charge < -0.3 is 10.1 Å². The van der Waals surface area contributed by atoms with Crippen LogP contribution in [-0.4, -0.2) is 66.9 Å². The summed E-state index contributed by atoms with van der Waals surface area (Å²) < 4.78 is 69.0. The van der Waals surface area contributed by atoms with Crippen LogP contribution in [0.1, 0.15) is 48.9 Å². The monoisotopic (exact) mass is 633 g/mol. The van der Waals surface area contributed by atoms with Gasteiger partial charge in [-0.2, -0.15) is 4.31 Å². The number of amidine groups is 1. The Bertz CT molecular complexity index is 1690. The molecule has 4 amide bonds. The first kappa shape index (κ1) is 31.2. The van der Waals surface area contributed by atoms with Crippen molar-refractivity contribution in [3.05, 3.63) is 64.1 Å². The highest BCUT2D eigenvalue weighted by molar-refractivity contribution is 7.92. The Morgan fingerprint density at radius 1 is 0.955 bits per heavy atom. The summed E-state index contributed by atoms with van der Waals surface area (Å²) in [6.07, 6.45) is -3.11. The maximum atomic E-state index is 13.2. The number of halogens is 3. The molecule has 2 saturated heterocycles. The van der Waals surface area contributed by atoms with Gasteiger partial charge in [-0.25, -0.2) is 13.2 Å². The molecule has 0 aliphatic carbocycles. The third kappa shape index (κ3) is 5.80. The summed E-state index contributed by atoms with van der Waals surface area (Å²) in [5.41, 5.74) is 0.677. The fourth-order valence-electron chi connectivity index (χ4n) is 5.60. The lowest BCUT2D eigenvalue weighted by atomic mass is 9.89. The first-order valence-electron chi connectivity index (χ1n) is 13.6. The van der Waals surface area contributed by atoms with Crippen LogP contribution >= 0.6 is 0 Å². The van der Waals surface area contributed by atoms with E-state index >= 15 is 0 Å². The fourth-order valence-corrected chi connectivity index (χ4v) is 6.77. The van der Waals surface area contributed by atoms with Crippen molar-refractivity contribution in [2.24, 2.45) is 4.99 Å². The molecule has 234 valence electrons. The smallest absolute Gasteiger partial charge is 0.406 e. The number of hydrogen-bond acceptors (Lipinski definition) is 7. The number of amides is 4. The van der Waals surface area contributed by atoms with Gasteiger partial charge in [0, 0.05) is 29.7 Å². The van der Waals surface area contributed by atoms with Crippen molar-refractivity contribution in [1.29, 1.82) is 0 Å². The number of aliphatic imine (C=N–C) groups is 1. The van der Waals surface area contributed by atoms with Gasteiger partial charge in [-0.3, -0.25) is 24.8 Å². The van der Waals surface area contributed by atoms with Crippen LogP contribution in [0.3, 0.4) is 0 Å². The van der Waals surface area contributed by atoms with Crippen molar-refractivity contribution < 1.29 is 40.7 Å². The molecule has 2 aromatic carbocycles. The Morgan fingerprint density at radius 2 is 1.55 bits per heavy atom. The summed E-state index contributed by atoms with van der Waals surface area (Å²) in [5.74, 6) is -1.04. The lowest BCUT2D eigenvalue weighted by molar-refractivity contribution is -0.274. The minimum atomic E-state index is -4.83. The van der Waals surface area contributed by atoms with Crippen LogP contribution in [-0.2, 0) is 19.6 Å². The predicted molar refractivity (Wildman–Crippen MR) is 155 cm³/mol. The van der Waals surface area contributed by atoms with E-state index in [0.29, 0.717) is 27.9 Å². The molecule has 5 rings (SSSR count). The molecular weight excluding hydrogens is 603 g/mol. The number of carbonyl (C=O) groups is 3. The van der Waals surface area contributed by atoms with Gasteiger partial charge >= 0.3 is 12.4 Å². The van der Waals surface area contributed by atoms with Crippen molar-refractivity contribution in [2.75, 3.05) is 18.0 Å². The van der Waals surface area contributed by atoms with Gasteiger partial charge in [-0.15, -0.1) is 13.2 Å². The Kier molecular flexibility index (Phi) is 7.61. The van der Waals surface area contributed by atoms with Crippen molar-refractivity contribution in [1.82, 2.24) is 14.9 Å². The van der Waals surface area contributed by atoms with E-state index in [1.807, 2.05) is 0 Å². The number of ether oxygens (including phenoxy) is 1. The number of carbonyl (C=O) groups excluding carboxylic acids is 3. The van der Waals surface area contributed by atoms with E-state index in [-0.39, 0.29) is 31.8 Å². The summed E-state index contributed by atoms with van der Waals surface area (Å²) in [7, 11) is -3.88. The highest BCUT2D eigenvalue weighted by Gasteiger charge is 2.48. The second kappa shape index (κ2) is 10.7. The molecule has 0 saturated carbocycles. The lowest BCUT2D eigenvalue weighted by Gasteiger charge is -2.34. The zero-order valence-corrected chi connectivity index (χ0v) is 25.1. The highest BCUT2D eigenvalue weighted by atomic mass is 32.2. The van der Waals surface area contributed by atoms with Crippen LogP contribution in [0.15, 0.2) is 46.8 Å². The number of nitrogens with zero attached hydrogens (tertiary/aromatic N) is 3. The van der Waals surface area contributed by atoms with E-state index in [2.05, 4.69) is 20.4 Å². The third-order valence-corrected chi connectivity index (χ3v) is 9.60. The van der Waals surface area contributed by atoms with E-state index in [1.54, 1.807) is 39.8 Å². The largest absolute Gasteiger partial charge is 0.573 e. The molecular formula is C29H30F3N5O6S. The molecule has 11 nitrogen and oxygen atoms in total. The number of piperidine rings is 1. The van der Waals surface area contributed by atoms with Crippen LogP contribution < -0.4 is 20.3 Å². The van der Waals surface area contributed by atoms with Crippen molar-refractivity contribution in [3.8, 4) is 5.75 Å². The summed E-state index contributed by atoms with van der Waals surface area (Å²) in [6, 6.07) is 7.83. The fraction of sp³-hybridized carbons (Fsp3) is 0.379. The molecule has 3 aliphatic rings. The number of nitrogens with one attached hydrogen (secondary N) is 2. The van der Waals surface area contributed by atoms with Gasteiger partial charge in [-0.05, 0) is 99.7 Å². The Hall–Kier alpha value is -4.24. The van der Waals surface area contributed by atoms with Crippen molar-refractivity contribution in [2.45, 2.75) is 58.0 Å². The Morgan fingerprint density at radius 3 is 2.07 bits per heavy atom. The number of imide groups is 1. The molecule has 0 unspecified atom stereocenters. The molecule has 44 heavy (non-hydrogen) atoms. The number of aryl methyl sites for hydroxylation is 2. The number of hydrogen-bond donors (Lipinski definition) is 2. The Balaban J connectivity index is 1.28. The topological polar surface area (TPSA) is 137 Å². The zero-order valence-electron chi connectivity index (χ0n) is 24.3. The lowest BCUT2D eigenvalue weighted by Crippen LogP contribution is -2.50. The van der Waals surface area contributed by atoms with Crippen LogP contribution in [0.4, 0.5) is 23.7 Å². The van der Waals surface area contributed by atoms with Crippen LogP contribution in [0.5, 0.6) is 5.75 Å². The first-order valence-corrected chi connectivity index (χ1v) is 15.1. The highest BCUT2D eigenvalue weighted by Crippen LogP contribution is 2.34. The maximum Gasteiger partial charge on any atom is 0.573 e. The maximum absolute atomic E-state index is 13.2. The average Bonchev–Trinajstić information content (AvgIpc) is 3.33. The number of benzene rings is 2. The summed E-state index contributed by atoms with van der Waals surface area (Å²) in [6.45, 7) is 6.88. The second-order valence-corrected chi connectivity index (χ2v) is 13.2. The number of anilines is 1. The third-order valence-electron chi connectivity index (χ3n) is 8.03. The number of sulfonamides is 1. The quantitative estimate of drug-likeness (QED) is 0.465. The molecule has 2 aromatic rings. The first-order chi connectivity index (χ1) is 20.4. The molecule has 0 bridgehead atoms. The van der Waals surface area contributed by atoms with E-state index in [0.717, 1.165) is 17.5 Å². The number of urea groups is 1. The van der Waals surface area contributed by atoms with Gasteiger partial charge in [0.25, 0.3) is 11.8 Å². The van der Waals surface area contributed by atoms with E-state index in [1.165, 1.54) is 27.4 Å². The zero-order chi connectivity index (χ0) is 32.2. The molecule has 15 heteroatoms. The van der Waals surface area contributed by atoms with E-state index in [4.69, 9.17) is 0 Å². The van der Waals surface area contributed by atoms with Gasteiger partial charge in [-0.1, -0.05) is 0 Å². The predicted octanol–water partition coefficient (Wildman–Crippen LogP) is 3.75. The molecule has 0 aromatic heterocycles. The normalized spacial score (nSPS) is 20.3. The summed E-state index contributed by atoms with van der Waals surface area (Å²) in [5, 5.41) is 6.07. The second-order valence-electron chi connectivity index (χ2n) is 11.4. The molecule has 0 radical (unpaired) electrons. The number of alkyl halides is 3. The summed E-state index contributed by atoms with van der Waals surface area (Å²) >= 11 is 0. The SMILES string of the molecule is Cc1cc(N2C(=O)NC(=O)C2(C)C)cc(C)c1/C=C/S(=O)(=O)N1CCC2(CC1)N=C(c1ccc(OC(F)(F)F)cc1)NC2=O. The van der Waals surface area contributed by atoms with Gasteiger partial charge in [0.1, 0.15) is 22.7 Å². The number of rotatable bonds is 6. The van der Waals surface area contributed by atoms with Crippen LogP contribution in [0, 0.1) is 13.8 Å². The minimum absolute atomic E-state index is 0.0271. The van der Waals surface area contributed by atoms with E-state index in [9.17, 15) is 36.0 Å². The molecule has 0 atom stereocenters. The van der Waals surface area contributed by atoms with Crippen LogP contribution in [0.2, 0.25) is 0 Å². The van der Waals surface area contributed by atoms with Gasteiger partial charge in [0.15, 0.2) is 0 Å². The standard InChI is InChI=1S/C29H30F3N5O6S/c1-17-15-20(37-26(40)34-24(38)27(37,3)4)16-18(2)22(17)9-14-44(41,42)36-12-10-28(11-13-36)25(39)33-23(35-28)19-5-7-21(8-6-19)43-29(30,31)32/h5-9,14-16H,10-13H2,1-4H3,(H,33,35,39)(H,34,38,40)/b14-9+. The average molecular weight is 634 g/mol. The minimum Gasteiger partial charge on any atom is -0.406 e. The summed E-state index contributed by atoms with van der Waals surface area (Å²) in [4.78, 5) is 43.4. The van der Waals surface area contributed by atoms with Gasteiger partial charge in [0.05, 0.1) is 0 Å². The molecule has 3 aliphatic heterocycles. The van der Waals surface area contributed by atoms with Crippen LogP contribution in [0.25, 0.3) is 6.08 Å². The molecule has 2 N–H and O–H groups in total. The molecule has 3 heterocycles. The van der Waals surface area contributed by atoms with E-state index < -0.39 is 51.1 Å². The van der Waals surface area contributed by atoms with Crippen molar-refractivity contribution in [3.63, 3.8) is 0 Å². The van der Waals surface area contributed by atoms with Crippen molar-refractivity contribution >= 4 is 45.5 Å². The molecule has 2 fully saturated rings. The van der Waals surface area contributed by atoms with Gasteiger partial charge in [0.2, 0.25) is 10.0 Å². The molecule has 1 spiro atoms.